The van der Waals surface area contributed by atoms with Gasteiger partial charge in [-0.15, -0.1) is 10.2 Å². The van der Waals surface area contributed by atoms with E-state index in [1.54, 1.807) is 35.4 Å². The van der Waals surface area contributed by atoms with Gasteiger partial charge in [0.1, 0.15) is 6.04 Å². The molecule has 0 spiro atoms. The lowest BCUT2D eigenvalue weighted by Gasteiger charge is -2.32. The summed E-state index contributed by atoms with van der Waals surface area (Å²) in [5.74, 6) is -0.189. The lowest BCUT2D eigenvalue weighted by atomic mass is 9.99. The lowest BCUT2D eigenvalue weighted by molar-refractivity contribution is 0.0646. The van der Waals surface area contributed by atoms with E-state index in [9.17, 15) is 4.79 Å². The number of fused-ring (bicyclic) bond motifs is 2. The SMILES string of the molecule is Cc1ccc2cc(C3c4nc[nH]c4CCN3C(=O)c3nnc(-c4cnn(C)c4)o3)nn2c1. The van der Waals surface area contributed by atoms with Crippen LogP contribution in [0.15, 0.2) is 47.5 Å². The normalized spacial score (nSPS) is 15.9. The van der Waals surface area contributed by atoms with Crippen molar-refractivity contribution in [3.63, 3.8) is 0 Å². The largest absolute Gasteiger partial charge is 0.412 e. The molecule has 6 heterocycles. The standard InChI is InChI=1S/C21H19N9O2/c1-12-3-4-14-7-16(27-30(14)9-12)18-17-15(22-11-23-17)5-6-29(18)21(31)20-26-25-19(32-20)13-8-24-28(2)10-13/h3-4,7-11,18H,5-6H2,1-2H3,(H,22,23). The minimum atomic E-state index is -0.466. The van der Waals surface area contributed by atoms with Crippen LogP contribution in [-0.2, 0) is 13.5 Å². The van der Waals surface area contributed by atoms with Crippen LogP contribution in [0.5, 0.6) is 0 Å². The van der Waals surface area contributed by atoms with Crippen LogP contribution in [0.3, 0.4) is 0 Å². The summed E-state index contributed by atoms with van der Waals surface area (Å²) in [6.45, 7) is 2.48. The molecular formula is C21H19N9O2. The van der Waals surface area contributed by atoms with Crippen LogP contribution < -0.4 is 0 Å². The van der Waals surface area contributed by atoms with E-state index < -0.39 is 6.04 Å². The zero-order valence-corrected chi connectivity index (χ0v) is 17.4. The summed E-state index contributed by atoms with van der Waals surface area (Å²) in [7, 11) is 1.79. The van der Waals surface area contributed by atoms with Gasteiger partial charge in [-0.2, -0.15) is 10.2 Å². The number of rotatable bonds is 3. The number of amides is 1. The third-order valence-corrected chi connectivity index (χ3v) is 5.65. The number of carbonyl (C=O) groups excluding carboxylic acids is 1. The average Bonchev–Trinajstić information content (AvgIpc) is 3.57. The number of pyridine rings is 1. The molecule has 0 aliphatic carbocycles. The van der Waals surface area contributed by atoms with Crippen molar-refractivity contribution in [1.82, 2.24) is 44.5 Å². The fraction of sp³-hybridized carbons (Fsp3) is 0.238. The van der Waals surface area contributed by atoms with Crippen molar-refractivity contribution in [2.24, 2.45) is 7.05 Å². The number of aromatic amines is 1. The van der Waals surface area contributed by atoms with Crippen molar-refractivity contribution in [1.29, 1.82) is 0 Å². The van der Waals surface area contributed by atoms with Crippen LogP contribution in [0, 0.1) is 6.92 Å². The summed E-state index contributed by atoms with van der Waals surface area (Å²) in [6.07, 6.45) is 7.62. The first-order valence-corrected chi connectivity index (χ1v) is 10.2. The Hall–Kier alpha value is -4.28. The summed E-state index contributed by atoms with van der Waals surface area (Å²) in [4.78, 5) is 22.9. The summed E-state index contributed by atoms with van der Waals surface area (Å²) in [6, 6.07) is 5.54. The van der Waals surface area contributed by atoms with E-state index in [1.807, 2.05) is 35.8 Å². The molecule has 11 heteroatoms. The van der Waals surface area contributed by atoms with Gasteiger partial charge in [-0.1, -0.05) is 6.07 Å². The second kappa shape index (κ2) is 6.87. The van der Waals surface area contributed by atoms with E-state index in [0.29, 0.717) is 18.5 Å². The lowest BCUT2D eigenvalue weighted by Crippen LogP contribution is -2.41. The quantitative estimate of drug-likeness (QED) is 0.465. The first-order chi connectivity index (χ1) is 15.6. The van der Waals surface area contributed by atoms with E-state index in [4.69, 9.17) is 9.52 Å². The van der Waals surface area contributed by atoms with Crippen LogP contribution in [-0.4, -0.2) is 56.9 Å². The predicted octanol–water partition coefficient (Wildman–Crippen LogP) is 1.94. The van der Waals surface area contributed by atoms with Crippen molar-refractivity contribution in [3.8, 4) is 11.5 Å². The highest BCUT2D eigenvalue weighted by molar-refractivity contribution is 5.90. The molecule has 0 aromatic carbocycles. The van der Waals surface area contributed by atoms with E-state index in [0.717, 1.165) is 28.2 Å². The maximum atomic E-state index is 13.5. The highest BCUT2D eigenvalue weighted by Crippen LogP contribution is 2.34. The van der Waals surface area contributed by atoms with Crippen LogP contribution >= 0.6 is 0 Å². The summed E-state index contributed by atoms with van der Waals surface area (Å²) in [5, 5.41) is 16.9. The van der Waals surface area contributed by atoms with Crippen LogP contribution in [0.4, 0.5) is 0 Å². The molecule has 5 aromatic heterocycles. The van der Waals surface area contributed by atoms with Gasteiger partial charge in [0.05, 0.1) is 35.0 Å². The van der Waals surface area contributed by atoms with Crippen LogP contribution in [0.1, 0.15) is 39.4 Å². The molecule has 5 aromatic rings. The second-order valence-electron chi connectivity index (χ2n) is 7.88. The Balaban J connectivity index is 1.40. The van der Waals surface area contributed by atoms with Crippen molar-refractivity contribution >= 4 is 11.4 Å². The molecule has 1 aliphatic heterocycles. The van der Waals surface area contributed by atoms with Crippen LogP contribution in [0.2, 0.25) is 0 Å². The van der Waals surface area contributed by atoms with Crippen LogP contribution in [0.25, 0.3) is 17.0 Å². The molecule has 1 N–H and O–H groups in total. The molecule has 32 heavy (non-hydrogen) atoms. The molecule has 0 saturated carbocycles. The Morgan fingerprint density at radius 2 is 2.16 bits per heavy atom. The van der Waals surface area contributed by atoms with Gasteiger partial charge in [0.2, 0.25) is 0 Å². The highest BCUT2D eigenvalue weighted by atomic mass is 16.4. The Morgan fingerprint density at radius 1 is 1.25 bits per heavy atom. The number of aryl methyl sites for hydroxylation is 2. The molecule has 0 fully saturated rings. The first-order valence-electron chi connectivity index (χ1n) is 10.2. The Morgan fingerprint density at radius 3 is 3.00 bits per heavy atom. The van der Waals surface area contributed by atoms with Gasteiger partial charge in [0.25, 0.3) is 5.89 Å². The first kappa shape index (κ1) is 18.5. The van der Waals surface area contributed by atoms with Crippen molar-refractivity contribution in [2.75, 3.05) is 6.54 Å². The van der Waals surface area contributed by atoms with Crippen molar-refractivity contribution < 1.29 is 9.21 Å². The summed E-state index contributed by atoms with van der Waals surface area (Å²) in [5.41, 5.74) is 5.18. The van der Waals surface area contributed by atoms with Gasteiger partial charge in [-0.05, 0) is 24.6 Å². The molecule has 11 nitrogen and oxygen atoms in total. The Bertz CT molecular complexity index is 1460. The van der Waals surface area contributed by atoms with E-state index in [2.05, 4.69) is 25.3 Å². The number of nitrogens with one attached hydrogen (secondary N) is 1. The van der Waals surface area contributed by atoms with E-state index in [-0.39, 0.29) is 17.7 Å². The number of H-pyrrole nitrogens is 1. The summed E-state index contributed by atoms with van der Waals surface area (Å²) < 4.78 is 9.16. The van der Waals surface area contributed by atoms with Gasteiger partial charge < -0.3 is 14.3 Å². The smallest absolute Gasteiger partial charge is 0.312 e. The number of carbonyl (C=O) groups is 1. The fourth-order valence-electron chi connectivity index (χ4n) is 4.12. The molecule has 0 radical (unpaired) electrons. The number of imidazole rings is 1. The minimum Gasteiger partial charge on any atom is -0.412 e. The zero-order chi connectivity index (χ0) is 21.8. The molecule has 1 amide bonds. The molecular weight excluding hydrogens is 410 g/mol. The molecule has 0 bridgehead atoms. The molecule has 6 rings (SSSR count). The minimum absolute atomic E-state index is 0.0764. The van der Waals surface area contributed by atoms with Gasteiger partial charge in [0.15, 0.2) is 0 Å². The molecule has 160 valence electrons. The number of hydrogen-bond acceptors (Lipinski definition) is 7. The number of nitrogens with zero attached hydrogens (tertiary/aromatic N) is 8. The molecule has 1 unspecified atom stereocenters. The maximum Gasteiger partial charge on any atom is 0.312 e. The van der Waals surface area contributed by atoms with Gasteiger partial charge in [-0.25, -0.2) is 9.50 Å². The Kier molecular flexibility index (Phi) is 3.97. The van der Waals surface area contributed by atoms with Gasteiger partial charge in [-0.3, -0.25) is 9.48 Å². The van der Waals surface area contributed by atoms with E-state index in [1.165, 1.54) is 0 Å². The van der Waals surface area contributed by atoms with Gasteiger partial charge >= 0.3 is 11.8 Å². The van der Waals surface area contributed by atoms with Crippen molar-refractivity contribution in [2.45, 2.75) is 19.4 Å². The number of aromatic nitrogens is 8. The topological polar surface area (TPSA) is 123 Å². The third kappa shape index (κ3) is 2.89. The highest BCUT2D eigenvalue weighted by Gasteiger charge is 2.38. The maximum absolute atomic E-state index is 13.5. The zero-order valence-electron chi connectivity index (χ0n) is 17.4. The monoisotopic (exact) mass is 429 g/mol. The second-order valence-corrected chi connectivity index (χ2v) is 7.88. The molecule has 1 aliphatic rings. The number of hydrogen-bond donors (Lipinski definition) is 1. The fourth-order valence-corrected chi connectivity index (χ4v) is 4.12. The van der Waals surface area contributed by atoms with Gasteiger partial charge in [0, 0.05) is 38.1 Å². The Labute approximate surface area is 181 Å². The predicted molar refractivity (Wildman–Crippen MR) is 112 cm³/mol. The van der Waals surface area contributed by atoms with Crippen molar-refractivity contribution in [3.05, 3.63) is 71.7 Å². The average molecular weight is 429 g/mol. The summed E-state index contributed by atoms with van der Waals surface area (Å²) >= 11 is 0. The van der Waals surface area contributed by atoms with E-state index >= 15 is 0 Å². The third-order valence-electron chi connectivity index (χ3n) is 5.65. The molecule has 1 atom stereocenters. The molecule has 0 saturated heterocycles.